The first-order valence-electron chi connectivity index (χ1n) is 6.39. The maximum Gasteiger partial charge on any atom is 0.150 e. The lowest BCUT2D eigenvalue weighted by Crippen LogP contribution is -2.26. The molecule has 1 fully saturated rings. The summed E-state index contributed by atoms with van der Waals surface area (Å²) in [5, 5.41) is 1.20. The zero-order valence-electron chi connectivity index (χ0n) is 10.2. The molecule has 0 radical (unpaired) electrons. The Balaban J connectivity index is 1.86. The zero-order valence-corrected chi connectivity index (χ0v) is 11.0. The van der Waals surface area contributed by atoms with Gasteiger partial charge in [0.1, 0.15) is 0 Å². The summed E-state index contributed by atoms with van der Waals surface area (Å²) in [4.78, 5) is 3.25. The molecule has 1 aliphatic heterocycles. The van der Waals surface area contributed by atoms with Crippen molar-refractivity contribution < 1.29 is 8.42 Å². The molecule has 2 aromatic rings. The summed E-state index contributed by atoms with van der Waals surface area (Å²) in [5.74, 6) is 0.998. The fourth-order valence-corrected chi connectivity index (χ4v) is 4.69. The Hall–Kier alpha value is -1.29. The highest BCUT2D eigenvalue weighted by atomic mass is 32.2. The Bertz CT molecular complexity index is 657. The van der Waals surface area contributed by atoms with Crippen LogP contribution in [-0.4, -0.2) is 24.9 Å². The predicted molar refractivity (Wildman–Crippen MR) is 73.4 cm³/mol. The number of nitrogens with one attached hydrogen (secondary N) is 1. The number of H-pyrrole nitrogens is 1. The van der Waals surface area contributed by atoms with Gasteiger partial charge in [-0.25, -0.2) is 8.42 Å². The molecule has 1 aliphatic rings. The Kier molecular flexibility index (Phi) is 2.90. The third-order valence-corrected chi connectivity index (χ3v) is 5.63. The van der Waals surface area contributed by atoms with Crippen molar-refractivity contribution in [2.45, 2.75) is 19.3 Å². The molecule has 1 unspecified atom stereocenters. The molecule has 3 rings (SSSR count). The maximum atomic E-state index is 11.7. The number of hydrogen-bond donors (Lipinski definition) is 1. The van der Waals surface area contributed by atoms with Crippen LogP contribution in [0.4, 0.5) is 0 Å². The SMILES string of the molecule is O=S1(=O)CCCC(Cc2cccc3cc[nH]c23)C1. The maximum absolute atomic E-state index is 11.7. The summed E-state index contributed by atoms with van der Waals surface area (Å²) in [6.45, 7) is 0. The fraction of sp³-hybridized carbons (Fsp3) is 0.429. The highest BCUT2D eigenvalue weighted by molar-refractivity contribution is 7.91. The molecule has 0 bridgehead atoms. The number of para-hydroxylation sites is 1. The van der Waals surface area contributed by atoms with Crippen LogP contribution in [0.1, 0.15) is 18.4 Å². The fourth-order valence-electron chi connectivity index (χ4n) is 2.91. The van der Waals surface area contributed by atoms with Crippen LogP contribution in [0, 0.1) is 5.92 Å². The first-order chi connectivity index (χ1) is 8.64. The summed E-state index contributed by atoms with van der Waals surface area (Å²) < 4.78 is 23.3. The van der Waals surface area contributed by atoms with Crippen LogP contribution in [0.15, 0.2) is 30.5 Å². The lowest BCUT2D eigenvalue weighted by Gasteiger charge is -2.22. The lowest BCUT2D eigenvalue weighted by atomic mass is 9.95. The minimum Gasteiger partial charge on any atom is -0.361 e. The quantitative estimate of drug-likeness (QED) is 0.905. The number of benzene rings is 1. The van der Waals surface area contributed by atoms with E-state index in [2.05, 4.69) is 23.2 Å². The minimum atomic E-state index is -2.80. The van der Waals surface area contributed by atoms with Crippen LogP contribution in [0.3, 0.4) is 0 Å². The number of fused-ring (bicyclic) bond motifs is 1. The Labute approximate surface area is 107 Å². The molecular weight excluding hydrogens is 246 g/mol. The van der Waals surface area contributed by atoms with E-state index in [0.29, 0.717) is 11.5 Å². The largest absolute Gasteiger partial charge is 0.361 e. The highest BCUT2D eigenvalue weighted by Gasteiger charge is 2.25. The normalized spacial score (nSPS) is 23.2. The minimum absolute atomic E-state index is 0.276. The number of aromatic amines is 1. The second-order valence-electron chi connectivity index (χ2n) is 5.19. The van der Waals surface area contributed by atoms with E-state index in [1.165, 1.54) is 10.9 Å². The second-order valence-corrected chi connectivity index (χ2v) is 7.41. The molecule has 1 N–H and O–H groups in total. The summed E-state index contributed by atoms with van der Waals surface area (Å²) in [5.41, 5.74) is 2.39. The van der Waals surface area contributed by atoms with Crippen LogP contribution < -0.4 is 0 Å². The van der Waals surface area contributed by atoms with E-state index in [4.69, 9.17) is 0 Å². The first kappa shape index (κ1) is 11.8. The molecule has 1 aromatic heterocycles. The van der Waals surface area contributed by atoms with Gasteiger partial charge in [0, 0.05) is 11.7 Å². The Morgan fingerprint density at radius 2 is 2.17 bits per heavy atom. The molecule has 2 heterocycles. The molecule has 1 aromatic carbocycles. The third-order valence-electron chi connectivity index (χ3n) is 3.74. The molecule has 4 heteroatoms. The van der Waals surface area contributed by atoms with Gasteiger partial charge < -0.3 is 4.98 Å². The average molecular weight is 263 g/mol. The van der Waals surface area contributed by atoms with E-state index in [-0.39, 0.29) is 5.92 Å². The van der Waals surface area contributed by atoms with Crippen LogP contribution >= 0.6 is 0 Å². The van der Waals surface area contributed by atoms with Gasteiger partial charge in [-0.2, -0.15) is 0 Å². The first-order valence-corrected chi connectivity index (χ1v) is 8.22. The molecule has 1 saturated heterocycles. The lowest BCUT2D eigenvalue weighted by molar-refractivity contribution is 0.484. The number of aromatic nitrogens is 1. The highest BCUT2D eigenvalue weighted by Crippen LogP contribution is 2.25. The molecule has 0 saturated carbocycles. The van der Waals surface area contributed by atoms with Crippen molar-refractivity contribution in [3.05, 3.63) is 36.0 Å². The van der Waals surface area contributed by atoms with Crippen LogP contribution in [-0.2, 0) is 16.3 Å². The molecule has 18 heavy (non-hydrogen) atoms. The smallest absolute Gasteiger partial charge is 0.150 e. The summed E-state index contributed by atoms with van der Waals surface area (Å²) >= 11 is 0. The van der Waals surface area contributed by atoms with E-state index in [1.54, 1.807) is 0 Å². The van der Waals surface area contributed by atoms with Crippen molar-refractivity contribution in [3.63, 3.8) is 0 Å². The Morgan fingerprint density at radius 3 is 3.00 bits per heavy atom. The van der Waals surface area contributed by atoms with Gasteiger partial charge in [0.15, 0.2) is 9.84 Å². The van der Waals surface area contributed by atoms with Gasteiger partial charge in [-0.1, -0.05) is 18.2 Å². The number of hydrogen-bond acceptors (Lipinski definition) is 2. The van der Waals surface area contributed by atoms with Crippen LogP contribution in [0.25, 0.3) is 10.9 Å². The van der Waals surface area contributed by atoms with Crippen LogP contribution in [0.2, 0.25) is 0 Å². The molecule has 3 nitrogen and oxygen atoms in total. The molecule has 0 spiro atoms. The van der Waals surface area contributed by atoms with Gasteiger partial charge in [0.05, 0.1) is 11.5 Å². The number of rotatable bonds is 2. The summed E-state index contributed by atoms with van der Waals surface area (Å²) in [6, 6.07) is 8.27. The van der Waals surface area contributed by atoms with Gasteiger partial charge >= 0.3 is 0 Å². The zero-order chi connectivity index (χ0) is 12.6. The molecular formula is C14H17NO2S. The average Bonchev–Trinajstić information content (AvgIpc) is 2.77. The van der Waals surface area contributed by atoms with E-state index in [9.17, 15) is 8.42 Å². The van der Waals surface area contributed by atoms with Crippen molar-refractivity contribution in [2.75, 3.05) is 11.5 Å². The van der Waals surface area contributed by atoms with Gasteiger partial charge in [-0.05, 0) is 42.2 Å². The predicted octanol–water partition coefficient (Wildman–Crippen LogP) is 2.54. The summed E-state index contributed by atoms with van der Waals surface area (Å²) in [7, 11) is -2.80. The van der Waals surface area contributed by atoms with Gasteiger partial charge in [-0.15, -0.1) is 0 Å². The molecule has 1 atom stereocenters. The second kappa shape index (κ2) is 4.43. The molecule has 0 aliphatic carbocycles. The number of sulfone groups is 1. The van der Waals surface area contributed by atoms with Gasteiger partial charge in [0.25, 0.3) is 0 Å². The van der Waals surface area contributed by atoms with Crippen molar-refractivity contribution in [1.29, 1.82) is 0 Å². The standard InChI is InChI=1S/C14H17NO2S/c16-18(17)8-2-3-11(10-18)9-13-5-1-4-12-6-7-15-14(12)13/h1,4-7,11,15H,2-3,8-10H2. The Morgan fingerprint density at radius 1 is 1.28 bits per heavy atom. The molecule has 0 amide bonds. The van der Waals surface area contributed by atoms with Crippen molar-refractivity contribution in [1.82, 2.24) is 4.98 Å². The molecule has 96 valence electrons. The van der Waals surface area contributed by atoms with Crippen molar-refractivity contribution in [2.24, 2.45) is 5.92 Å². The monoisotopic (exact) mass is 263 g/mol. The van der Waals surface area contributed by atoms with E-state index < -0.39 is 9.84 Å². The topological polar surface area (TPSA) is 49.9 Å². The van der Waals surface area contributed by atoms with Crippen LogP contribution in [0.5, 0.6) is 0 Å². The van der Waals surface area contributed by atoms with E-state index in [0.717, 1.165) is 24.8 Å². The summed E-state index contributed by atoms with van der Waals surface area (Å²) in [6.07, 6.45) is 4.63. The van der Waals surface area contributed by atoms with Gasteiger partial charge in [0.2, 0.25) is 0 Å². The van der Waals surface area contributed by atoms with Gasteiger partial charge in [-0.3, -0.25) is 0 Å². The van der Waals surface area contributed by atoms with Crippen molar-refractivity contribution >= 4 is 20.7 Å². The van der Waals surface area contributed by atoms with E-state index in [1.807, 2.05) is 12.3 Å². The third kappa shape index (κ3) is 2.29. The van der Waals surface area contributed by atoms with E-state index >= 15 is 0 Å². The van der Waals surface area contributed by atoms with Crippen molar-refractivity contribution in [3.8, 4) is 0 Å².